The van der Waals surface area contributed by atoms with Crippen LogP contribution in [0, 0.1) is 0 Å². The standard InChI is InChI=1S/C28H42O2/c1-4-6-8-10-11-13-22-29-24(3)25-14-16-26(17-15-25)27-18-20-28(21-19-27)30-23-12-9-7-5-2/h14-21,24H,4-13,22-23H2,1-3H3. The second kappa shape index (κ2) is 15.1. The van der Waals surface area contributed by atoms with Gasteiger partial charge in [-0.25, -0.2) is 0 Å². The fourth-order valence-corrected chi connectivity index (χ4v) is 3.65. The van der Waals surface area contributed by atoms with Crippen LogP contribution < -0.4 is 4.74 Å². The highest BCUT2D eigenvalue weighted by Gasteiger charge is 2.06. The molecular weight excluding hydrogens is 368 g/mol. The van der Waals surface area contributed by atoms with E-state index in [2.05, 4.69) is 69.3 Å². The summed E-state index contributed by atoms with van der Waals surface area (Å²) >= 11 is 0. The van der Waals surface area contributed by atoms with Gasteiger partial charge >= 0.3 is 0 Å². The molecule has 0 aromatic heterocycles. The highest BCUT2D eigenvalue weighted by molar-refractivity contribution is 5.64. The summed E-state index contributed by atoms with van der Waals surface area (Å²) in [6.45, 7) is 8.31. The first kappa shape index (κ1) is 24.5. The van der Waals surface area contributed by atoms with Gasteiger partial charge in [-0.2, -0.15) is 0 Å². The van der Waals surface area contributed by atoms with Crippen molar-refractivity contribution in [2.24, 2.45) is 0 Å². The minimum atomic E-state index is 0.151. The molecule has 2 nitrogen and oxygen atoms in total. The van der Waals surface area contributed by atoms with Crippen molar-refractivity contribution in [3.8, 4) is 16.9 Å². The zero-order valence-corrected chi connectivity index (χ0v) is 19.5. The van der Waals surface area contributed by atoms with Gasteiger partial charge in [-0.3, -0.25) is 0 Å². The Kier molecular flexibility index (Phi) is 12.3. The molecule has 0 bridgehead atoms. The third kappa shape index (κ3) is 9.34. The molecule has 1 atom stereocenters. The van der Waals surface area contributed by atoms with Crippen LogP contribution in [0.3, 0.4) is 0 Å². The van der Waals surface area contributed by atoms with Gasteiger partial charge in [0.1, 0.15) is 5.75 Å². The van der Waals surface area contributed by atoms with E-state index in [-0.39, 0.29) is 6.10 Å². The van der Waals surface area contributed by atoms with Crippen LogP contribution in [0.4, 0.5) is 0 Å². The molecule has 0 fully saturated rings. The molecule has 2 aromatic carbocycles. The van der Waals surface area contributed by atoms with Gasteiger partial charge in [0.25, 0.3) is 0 Å². The third-order valence-electron chi connectivity index (χ3n) is 5.70. The molecule has 0 saturated heterocycles. The van der Waals surface area contributed by atoms with E-state index in [0.717, 1.165) is 25.4 Å². The van der Waals surface area contributed by atoms with Crippen LogP contribution >= 0.6 is 0 Å². The van der Waals surface area contributed by atoms with Crippen molar-refractivity contribution in [2.45, 2.75) is 91.1 Å². The lowest BCUT2D eigenvalue weighted by Gasteiger charge is -2.14. The van der Waals surface area contributed by atoms with E-state index in [1.165, 1.54) is 74.5 Å². The van der Waals surface area contributed by atoms with E-state index in [0.29, 0.717) is 0 Å². The molecule has 0 N–H and O–H groups in total. The SMILES string of the molecule is CCCCCCCCOC(C)c1ccc(-c2ccc(OCCCCCC)cc2)cc1. The maximum atomic E-state index is 6.04. The van der Waals surface area contributed by atoms with Crippen LogP contribution in [0.25, 0.3) is 11.1 Å². The Balaban J connectivity index is 1.73. The van der Waals surface area contributed by atoms with Gasteiger partial charge in [0.05, 0.1) is 12.7 Å². The Morgan fingerprint density at radius 1 is 0.600 bits per heavy atom. The zero-order chi connectivity index (χ0) is 21.4. The lowest BCUT2D eigenvalue weighted by atomic mass is 10.0. The first-order valence-corrected chi connectivity index (χ1v) is 12.2. The maximum absolute atomic E-state index is 6.04. The van der Waals surface area contributed by atoms with E-state index in [1.54, 1.807) is 0 Å². The van der Waals surface area contributed by atoms with Gasteiger partial charge in [-0.1, -0.05) is 102 Å². The first-order chi connectivity index (χ1) is 14.7. The molecular formula is C28H42O2. The summed E-state index contributed by atoms with van der Waals surface area (Å²) < 4.78 is 11.9. The Labute approximate surface area is 185 Å². The monoisotopic (exact) mass is 410 g/mol. The maximum Gasteiger partial charge on any atom is 0.119 e. The van der Waals surface area contributed by atoms with Crippen LogP contribution in [-0.4, -0.2) is 13.2 Å². The lowest BCUT2D eigenvalue weighted by molar-refractivity contribution is 0.0627. The zero-order valence-electron chi connectivity index (χ0n) is 19.5. The molecule has 2 heteroatoms. The average molecular weight is 411 g/mol. The van der Waals surface area contributed by atoms with Crippen molar-refractivity contribution in [3.05, 3.63) is 54.1 Å². The predicted molar refractivity (Wildman–Crippen MR) is 129 cm³/mol. The van der Waals surface area contributed by atoms with Gasteiger partial charge < -0.3 is 9.47 Å². The van der Waals surface area contributed by atoms with Crippen molar-refractivity contribution < 1.29 is 9.47 Å². The average Bonchev–Trinajstić information content (AvgIpc) is 2.79. The summed E-state index contributed by atoms with van der Waals surface area (Å²) in [6.07, 6.45) is 12.9. The summed E-state index contributed by atoms with van der Waals surface area (Å²) in [7, 11) is 0. The van der Waals surface area contributed by atoms with E-state index < -0.39 is 0 Å². The van der Waals surface area contributed by atoms with Gasteiger partial charge in [0.15, 0.2) is 0 Å². The van der Waals surface area contributed by atoms with Crippen molar-refractivity contribution in [2.75, 3.05) is 13.2 Å². The Bertz CT molecular complexity index is 660. The van der Waals surface area contributed by atoms with E-state index >= 15 is 0 Å². The number of benzene rings is 2. The van der Waals surface area contributed by atoms with E-state index in [4.69, 9.17) is 9.47 Å². The fraction of sp³-hybridized carbons (Fsp3) is 0.571. The first-order valence-electron chi connectivity index (χ1n) is 12.2. The van der Waals surface area contributed by atoms with Crippen molar-refractivity contribution in [1.29, 1.82) is 0 Å². The highest BCUT2D eigenvalue weighted by atomic mass is 16.5. The minimum absolute atomic E-state index is 0.151. The van der Waals surface area contributed by atoms with E-state index in [1.807, 2.05) is 0 Å². The molecule has 166 valence electrons. The molecule has 0 radical (unpaired) electrons. The molecule has 0 aliphatic heterocycles. The number of hydrogen-bond donors (Lipinski definition) is 0. The number of ether oxygens (including phenoxy) is 2. The molecule has 1 unspecified atom stereocenters. The second-order valence-electron chi connectivity index (χ2n) is 8.34. The summed E-state index contributed by atoms with van der Waals surface area (Å²) in [6, 6.07) is 17.2. The lowest BCUT2D eigenvalue weighted by Crippen LogP contribution is -2.01. The van der Waals surface area contributed by atoms with Gasteiger partial charge in [0, 0.05) is 6.61 Å². The van der Waals surface area contributed by atoms with Crippen LogP contribution in [0.15, 0.2) is 48.5 Å². The Morgan fingerprint density at radius 3 is 1.73 bits per heavy atom. The van der Waals surface area contributed by atoms with E-state index in [9.17, 15) is 0 Å². The van der Waals surface area contributed by atoms with Crippen LogP contribution in [-0.2, 0) is 4.74 Å². The Morgan fingerprint density at radius 2 is 1.10 bits per heavy atom. The smallest absolute Gasteiger partial charge is 0.119 e. The topological polar surface area (TPSA) is 18.5 Å². The molecule has 2 rings (SSSR count). The number of unbranched alkanes of at least 4 members (excludes halogenated alkanes) is 8. The van der Waals surface area contributed by atoms with Crippen LogP contribution in [0.2, 0.25) is 0 Å². The third-order valence-corrected chi connectivity index (χ3v) is 5.70. The largest absolute Gasteiger partial charge is 0.494 e. The quantitative estimate of drug-likeness (QED) is 0.257. The molecule has 0 saturated carbocycles. The van der Waals surface area contributed by atoms with Crippen molar-refractivity contribution in [3.63, 3.8) is 0 Å². The van der Waals surface area contributed by atoms with Crippen molar-refractivity contribution in [1.82, 2.24) is 0 Å². The molecule has 0 aliphatic rings. The van der Waals surface area contributed by atoms with Crippen LogP contribution in [0.5, 0.6) is 5.75 Å². The Hall–Kier alpha value is -1.80. The molecule has 30 heavy (non-hydrogen) atoms. The van der Waals surface area contributed by atoms with Crippen molar-refractivity contribution >= 4 is 0 Å². The van der Waals surface area contributed by atoms with Gasteiger partial charge in [-0.15, -0.1) is 0 Å². The second-order valence-corrected chi connectivity index (χ2v) is 8.34. The number of rotatable bonds is 16. The fourth-order valence-electron chi connectivity index (χ4n) is 3.65. The normalized spacial score (nSPS) is 12.1. The molecule has 2 aromatic rings. The summed E-state index contributed by atoms with van der Waals surface area (Å²) in [4.78, 5) is 0. The summed E-state index contributed by atoms with van der Waals surface area (Å²) in [5.74, 6) is 0.962. The van der Waals surface area contributed by atoms with Gasteiger partial charge in [0.2, 0.25) is 0 Å². The van der Waals surface area contributed by atoms with Gasteiger partial charge in [-0.05, 0) is 48.6 Å². The molecule has 0 amide bonds. The number of hydrogen-bond acceptors (Lipinski definition) is 2. The summed E-state index contributed by atoms with van der Waals surface area (Å²) in [5.41, 5.74) is 3.70. The highest BCUT2D eigenvalue weighted by Crippen LogP contribution is 2.25. The molecule has 0 aliphatic carbocycles. The predicted octanol–water partition coefficient (Wildman–Crippen LogP) is 8.75. The van der Waals surface area contributed by atoms with Crippen LogP contribution in [0.1, 0.15) is 96.6 Å². The molecule has 0 spiro atoms. The summed E-state index contributed by atoms with van der Waals surface area (Å²) in [5, 5.41) is 0. The minimum Gasteiger partial charge on any atom is -0.494 e. The molecule has 0 heterocycles.